The summed E-state index contributed by atoms with van der Waals surface area (Å²) in [4.78, 5) is 35.9. The molecule has 0 fully saturated rings. The maximum absolute atomic E-state index is 12.3. The van der Waals surface area contributed by atoms with E-state index in [1.54, 1.807) is 6.92 Å². The van der Waals surface area contributed by atoms with Crippen molar-refractivity contribution in [1.82, 2.24) is 10.6 Å². The second-order valence-electron chi connectivity index (χ2n) is 8.17. The lowest BCUT2D eigenvalue weighted by Crippen LogP contribution is -2.44. The van der Waals surface area contributed by atoms with Crippen LogP contribution in [0.1, 0.15) is 43.2 Å². The highest BCUT2D eigenvalue weighted by molar-refractivity contribution is 5.84. The zero-order valence-electron chi connectivity index (χ0n) is 18.9. The Balaban J connectivity index is 1.49. The monoisotopic (exact) mass is 454 g/mol. The van der Waals surface area contributed by atoms with Gasteiger partial charge in [0.15, 0.2) is 0 Å². The van der Waals surface area contributed by atoms with E-state index in [1.165, 1.54) is 7.11 Å². The second kappa shape index (κ2) is 11.5. The zero-order chi connectivity index (χ0) is 23.8. The molecule has 176 valence electrons. The summed E-state index contributed by atoms with van der Waals surface area (Å²) < 4.78 is 10.4. The van der Waals surface area contributed by atoms with Gasteiger partial charge in [0.05, 0.1) is 0 Å². The lowest BCUT2D eigenvalue weighted by atomic mass is 9.98. The number of carbonyl (C=O) groups excluding carboxylic acids is 2. The predicted octanol–water partition coefficient (Wildman–Crippen LogP) is 3.30. The molecule has 0 aromatic heterocycles. The number of hydrogen-bond acceptors (Lipinski definition) is 5. The first-order valence-electron chi connectivity index (χ1n) is 11.0. The van der Waals surface area contributed by atoms with Gasteiger partial charge in [-0.2, -0.15) is 0 Å². The highest BCUT2D eigenvalue weighted by Gasteiger charge is 2.29. The van der Waals surface area contributed by atoms with Crippen molar-refractivity contribution in [3.05, 3.63) is 59.7 Å². The summed E-state index contributed by atoms with van der Waals surface area (Å²) in [5.41, 5.74) is 4.52. The van der Waals surface area contributed by atoms with Gasteiger partial charge in [0.2, 0.25) is 5.91 Å². The lowest BCUT2D eigenvalue weighted by Gasteiger charge is -2.18. The number of methoxy groups -OCH3 is 1. The van der Waals surface area contributed by atoms with Crippen molar-refractivity contribution >= 4 is 18.0 Å². The van der Waals surface area contributed by atoms with Crippen LogP contribution in [0.4, 0.5) is 4.79 Å². The Morgan fingerprint density at radius 2 is 1.61 bits per heavy atom. The second-order valence-corrected chi connectivity index (χ2v) is 8.17. The first-order chi connectivity index (χ1) is 15.9. The maximum Gasteiger partial charge on any atom is 0.407 e. The van der Waals surface area contributed by atoms with E-state index < -0.39 is 30.1 Å². The van der Waals surface area contributed by atoms with Gasteiger partial charge >= 0.3 is 12.1 Å². The summed E-state index contributed by atoms with van der Waals surface area (Å²) in [6.07, 6.45) is 0.106. The molecule has 8 heteroatoms. The van der Waals surface area contributed by atoms with Crippen LogP contribution in [0, 0.1) is 0 Å². The maximum atomic E-state index is 12.3. The van der Waals surface area contributed by atoms with Gasteiger partial charge in [-0.25, -0.2) is 9.59 Å². The van der Waals surface area contributed by atoms with E-state index in [0.29, 0.717) is 13.0 Å². The van der Waals surface area contributed by atoms with Crippen molar-refractivity contribution in [3.8, 4) is 11.1 Å². The number of ether oxygens (including phenoxy) is 2. The molecule has 2 aromatic rings. The van der Waals surface area contributed by atoms with E-state index in [0.717, 1.165) is 22.3 Å². The third kappa shape index (κ3) is 6.32. The smallest absolute Gasteiger partial charge is 0.407 e. The van der Waals surface area contributed by atoms with Crippen LogP contribution in [0.2, 0.25) is 0 Å². The van der Waals surface area contributed by atoms with Crippen molar-refractivity contribution in [2.75, 3.05) is 20.3 Å². The van der Waals surface area contributed by atoms with Crippen molar-refractivity contribution in [1.29, 1.82) is 0 Å². The largest absolute Gasteiger partial charge is 0.480 e. The Morgan fingerprint density at radius 1 is 1.00 bits per heavy atom. The van der Waals surface area contributed by atoms with E-state index in [4.69, 9.17) is 9.47 Å². The summed E-state index contributed by atoms with van der Waals surface area (Å²) in [6.45, 7) is 2.26. The molecule has 2 aromatic carbocycles. The van der Waals surface area contributed by atoms with E-state index in [-0.39, 0.29) is 25.4 Å². The van der Waals surface area contributed by atoms with Crippen LogP contribution in [-0.4, -0.2) is 55.5 Å². The van der Waals surface area contributed by atoms with Crippen molar-refractivity contribution in [3.63, 3.8) is 0 Å². The molecule has 0 aliphatic heterocycles. The van der Waals surface area contributed by atoms with Gasteiger partial charge in [-0.1, -0.05) is 48.5 Å². The molecule has 2 atom stereocenters. The topological polar surface area (TPSA) is 114 Å². The van der Waals surface area contributed by atoms with Crippen LogP contribution in [-0.2, 0) is 19.1 Å². The molecule has 33 heavy (non-hydrogen) atoms. The molecule has 8 nitrogen and oxygen atoms in total. The lowest BCUT2D eigenvalue weighted by molar-refractivity contribution is -0.142. The minimum absolute atomic E-state index is 0.0508. The standard InChI is InChI=1S/C25H30N2O6/c1-16(14-23(28)27-22(24(29)30)12-7-13-32-2)26-25(31)33-15-21-19-10-5-3-8-17(19)18-9-4-6-11-20(18)21/h3-6,8-11,16,21-22H,7,12-15H2,1-2H3,(H,26,31)(H,27,28)(H,29,30)/t16-,22?/m0/s1. The number of fused-ring (bicyclic) bond motifs is 3. The number of carboxylic acids is 1. The average Bonchev–Trinajstić information content (AvgIpc) is 3.10. The van der Waals surface area contributed by atoms with E-state index >= 15 is 0 Å². The van der Waals surface area contributed by atoms with Gasteiger partial charge in [0.25, 0.3) is 0 Å². The summed E-state index contributed by atoms with van der Waals surface area (Å²) in [5, 5.41) is 14.4. The van der Waals surface area contributed by atoms with Crippen molar-refractivity contribution in [2.24, 2.45) is 0 Å². The molecular weight excluding hydrogens is 424 g/mol. The summed E-state index contributed by atoms with van der Waals surface area (Å²) in [7, 11) is 1.53. The molecule has 3 rings (SSSR count). The molecule has 0 heterocycles. The number of benzene rings is 2. The number of alkyl carbamates (subject to hydrolysis) is 1. The number of rotatable bonds is 11. The zero-order valence-corrected chi connectivity index (χ0v) is 18.9. The van der Waals surface area contributed by atoms with Crippen molar-refractivity contribution < 1.29 is 29.0 Å². The van der Waals surface area contributed by atoms with E-state index in [9.17, 15) is 19.5 Å². The Hall–Kier alpha value is -3.39. The number of amides is 2. The number of carbonyl (C=O) groups is 3. The first kappa shape index (κ1) is 24.3. The Kier molecular flexibility index (Phi) is 8.43. The fraction of sp³-hybridized carbons (Fsp3) is 0.400. The molecular formula is C25H30N2O6. The van der Waals surface area contributed by atoms with Crippen LogP contribution in [0.5, 0.6) is 0 Å². The van der Waals surface area contributed by atoms with Crippen LogP contribution in [0.25, 0.3) is 11.1 Å². The molecule has 0 bridgehead atoms. The molecule has 0 saturated heterocycles. The fourth-order valence-electron chi connectivity index (χ4n) is 4.11. The SMILES string of the molecule is COCCCC(NC(=O)C[C@H](C)NC(=O)OCC1c2ccccc2-c2ccccc21)C(=O)O. The third-order valence-electron chi connectivity index (χ3n) is 5.67. The average molecular weight is 455 g/mol. The first-order valence-corrected chi connectivity index (χ1v) is 11.0. The Morgan fingerprint density at radius 3 is 2.18 bits per heavy atom. The van der Waals surface area contributed by atoms with Gasteiger partial charge in [-0.05, 0) is 42.0 Å². The molecule has 0 radical (unpaired) electrons. The van der Waals surface area contributed by atoms with Crippen LogP contribution in [0.3, 0.4) is 0 Å². The molecule has 1 aliphatic carbocycles. The molecule has 2 amide bonds. The minimum atomic E-state index is -1.10. The molecule has 1 aliphatic rings. The highest BCUT2D eigenvalue weighted by atomic mass is 16.5. The number of nitrogens with one attached hydrogen (secondary N) is 2. The number of aliphatic carboxylic acids is 1. The third-order valence-corrected chi connectivity index (χ3v) is 5.67. The number of carboxylic acid groups (broad SMARTS) is 1. The Bertz CT molecular complexity index is 947. The summed E-state index contributed by atoms with van der Waals surface area (Å²) in [6, 6.07) is 14.6. The van der Waals surface area contributed by atoms with Crippen LogP contribution in [0.15, 0.2) is 48.5 Å². The summed E-state index contributed by atoms with van der Waals surface area (Å²) >= 11 is 0. The van der Waals surface area contributed by atoms with E-state index in [2.05, 4.69) is 22.8 Å². The van der Waals surface area contributed by atoms with Gasteiger partial charge < -0.3 is 25.2 Å². The van der Waals surface area contributed by atoms with Gasteiger partial charge in [0, 0.05) is 32.1 Å². The number of hydrogen-bond donors (Lipinski definition) is 3. The molecule has 1 unspecified atom stereocenters. The van der Waals surface area contributed by atoms with Crippen molar-refractivity contribution in [2.45, 2.75) is 44.2 Å². The molecule has 0 spiro atoms. The fourth-order valence-corrected chi connectivity index (χ4v) is 4.11. The highest BCUT2D eigenvalue weighted by Crippen LogP contribution is 2.44. The van der Waals surface area contributed by atoms with Crippen LogP contribution < -0.4 is 10.6 Å². The normalized spacial score (nSPS) is 14.0. The minimum Gasteiger partial charge on any atom is -0.480 e. The van der Waals surface area contributed by atoms with Gasteiger partial charge in [-0.3, -0.25) is 4.79 Å². The molecule has 3 N–H and O–H groups in total. The Labute approximate surface area is 193 Å². The van der Waals surface area contributed by atoms with E-state index in [1.807, 2.05) is 36.4 Å². The van der Waals surface area contributed by atoms with Gasteiger partial charge in [0.1, 0.15) is 12.6 Å². The van der Waals surface area contributed by atoms with Gasteiger partial charge in [-0.15, -0.1) is 0 Å². The van der Waals surface area contributed by atoms with Crippen LogP contribution >= 0.6 is 0 Å². The molecule has 0 saturated carbocycles. The quantitative estimate of drug-likeness (QED) is 0.449. The predicted molar refractivity (Wildman–Crippen MR) is 123 cm³/mol. The summed E-state index contributed by atoms with van der Waals surface area (Å²) in [5.74, 6) is -1.60.